The lowest BCUT2D eigenvalue weighted by Gasteiger charge is -2.47. The number of nitrogens with one attached hydrogen (secondary N) is 2. The Morgan fingerprint density at radius 1 is 0.857 bits per heavy atom. The molecule has 0 radical (unpaired) electrons. The molecule has 0 amide bonds. The van der Waals surface area contributed by atoms with Crippen LogP contribution in [0.1, 0.15) is 26.7 Å². The van der Waals surface area contributed by atoms with E-state index in [-0.39, 0.29) is 17.1 Å². The number of hydrogen-bond acceptors (Lipinski definition) is 4. The monoisotopic (exact) mass is 530 g/mol. The average molecular weight is 531 g/mol. The van der Waals surface area contributed by atoms with Gasteiger partial charge in [-0.15, -0.1) is 23.5 Å². The van der Waals surface area contributed by atoms with Crippen LogP contribution in [0.15, 0.2) is 68.2 Å². The molecule has 2 nitrogen and oxygen atoms in total. The summed E-state index contributed by atoms with van der Waals surface area (Å²) in [5.74, 6) is -15.4. The van der Waals surface area contributed by atoms with Crippen molar-refractivity contribution in [2.75, 3.05) is 19.6 Å². The summed E-state index contributed by atoms with van der Waals surface area (Å²) in [4.78, 5) is 1.45. The predicted molar refractivity (Wildman–Crippen MR) is 128 cm³/mol. The first-order valence-electron chi connectivity index (χ1n) is 11.6. The van der Waals surface area contributed by atoms with Crippen molar-refractivity contribution in [1.29, 1.82) is 0 Å². The molecule has 6 rings (SSSR count). The number of rotatable bonds is 2. The van der Waals surface area contributed by atoms with Gasteiger partial charge in [0.25, 0.3) is 0 Å². The van der Waals surface area contributed by atoms with E-state index in [1.54, 1.807) is 26.1 Å². The summed E-state index contributed by atoms with van der Waals surface area (Å²) in [6.45, 7) is 5.54. The summed E-state index contributed by atoms with van der Waals surface area (Å²) in [5, 5.41) is 6.28. The first kappa shape index (κ1) is 23.9. The molecule has 1 saturated heterocycles. The summed E-state index contributed by atoms with van der Waals surface area (Å²) in [6, 6.07) is 0. The zero-order valence-corrected chi connectivity index (χ0v) is 20.7. The maximum absolute atomic E-state index is 15.3. The van der Waals surface area contributed by atoms with Gasteiger partial charge in [-0.2, -0.15) is 26.3 Å². The molecule has 188 valence electrons. The van der Waals surface area contributed by atoms with E-state index in [0.717, 1.165) is 36.4 Å². The highest BCUT2D eigenvalue weighted by Gasteiger charge is 2.84. The Kier molecular flexibility index (Phi) is 4.96. The number of halogens is 6. The lowest BCUT2D eigenvalue weighted by Crippen LogP contribution is -2.49. The third-order valence-electron chi connectivity index (χ3n) is 8.19. The van der Waals surface area contributed by atoms with Gasteiger partial charge >= 0.3 is 17.8 Å². The van der Waals surface area contributed by atoms with Crippen LogP contribution in [-0.2, 0) is 0 Å². The number of piperidine rings is 1. The minimum atomic E-state index is -5.51. The van der Waals surface area contributed by atoms with Gasteiger partial charge in [-0.25, -0.2) is 0 Å². The maximum atomic E-state index is 15.3. The Labute approximate surface area is 208 Å². The van der Waals surface area contributed by atoms with Gasteiger partial charge in [0.1, 0.15) is 0 Å². The molecular formula is C25H24F6N2S2. The van der Waals surface area contributed by atoms with E-state index < -0.39 is 38.4 Å². The summed E-state index contributed by atoms with van der Waals surface area (Å²) in [5.41, 5.74) is -1.78. The lowest BCUT2D eigenvalue weighted by atomic mass is 9.71. The van der Waals surface area contributed by atoms with Crippen LogP contribution in [0, 0.1) is 5.92 Å². The summed E-state index contributed by atoms with van der Waals surface area (Å²) in [7, 11) is 0. The smallest absolute Gasteiger partial charge is 0.380 e. The first-order chi connectivity index (χ1) is 16.4. The van der Waals surface area contributed by atoms with Gasteiger partial charge in [-0.05, 0) is 91.7 Å². The SMILES string of the molecule is CC12SC(C3=CCNC=C3)=CC1=C1C(=C3C=C(C4CCNCC4)SC32C)C(F)(F)C(F)(F)C1(F)F. The minimum absolute atomic E-state index is 0.0730. The number of hydrogen-bond donors (Lipinski definition) is 2. The van der Waals surface area contributed by atoms with E-state index in [9.17, 15) is 8.78 Å². The Hall–Kier alpha value is -1.52. The van der Waals surface area contributed by atoms with E-state index >= 15 is 17.6 Å². The van der Waals surface area contributed by atoms with Crippen LogP contribution in [0.5, 0.6) is 0 Å². The van der Waals surface area contributed by atoms with Crippen LogP contribution in [-0.4, -0.2) is 46.9 Å². The van der Waals surface area contributed by atoms with Gasteiger partial charge in [0.15, 0.2) is 0 Å². The molecule has 0 bridgehead atoms. The highest BCUT2D eigenvalue weighted by atomic mass is 32.2. The molecule has 0 spiro atoms. The fourth-order valence-corrected chi connectivity index (χ4v) is 9.36. The second-order valence-electron chi connectivity index (χ2n) is 10.1. The van der Waals surface area contributed by atoms with Crippen LogP contribution in [0.2, 0.25) is 0 Å². The van der Waals surface area contributed by atoms with Crippen LogP contribution >= 0.6 is 23.5 Å². The van der Waals surface area contributed by atoms with Crippen molar-refractivity contribution in [2.45, 2.75) is 54.0 Å². The van der Waals surface area contributed by atoms with E-state index in [2.05, 4.69) is 10.6 Å². The predicted octanol–water partition coefficient (Wildman–Crippen LogP) is 6.33. The third kappa shape index (κ3) is 2.82. The Morgan fingerprint density at radius 2 is 1.46 bits per heavy atom. The summed E-state index contributed by atoms with van der Waals surface area (Å²) < 4.78 is 88.7. The van der Waals surface area contributed by atoms with Crippen molar-refractivity contribution >= 4 is 23.5 Å². The molecule has 10 heteroatoms. The van der Waals surface area contributed by atoms with Crippen molar-refractivity contribution in [3.05, 3.63) is 68.2 Å². The van der Waals surface area contributed by atoms with E-state index in [4.69, 9.17) is 0 Å². The zero-order valence-electron chi connectivity index (χ0n) is 19.1. The molecule has 2 N–H and O–H groups in total. The Morgan fingerprint density at radius 3 is 2.06 bits per heavy atom. The molecule has 0 aromatic carbocycles. The molecule has 2 atom stereocenters. The minimum Gasteiger partial charge on any atom is -0.387 e. The first-order valence-corrected chi connectivity index (χ1v) is 13.3. The van der Waals surface area contributed by atoms with Crippen molar-refractivity contribution < 1.29 is 26.3 Å². The molecule has 4 aliphatic heterocycles. The number of alkyl halides is 6. The molecular weight excluding hydrogens is 506 g/mol. The van der Waals surface area contributed by atoms with Crippen LogP contribution in [0.4, 0.5) is 26.3 Å². The van der Waals surface area contributed by atoms with Gasteiger partial charge in [0.2, 0.25) is 0 Å². The van der Waals surface area contributed by atoms with Gasteiger partial charge in [0.05, 0.1) is 9.49 Å². The average Bonchev–Trinajstić information content (AvgIpc) is 3.40. The molecule has 2 fully saturated rings. The maximum Gasteiger partial charge on any atom is 0.380 e. The van der Waals surface area contributed by atoms with Crippen LogP contribution in [0.3, 0.4) is 0 Å². The topological polar surface area (TPSA) is 24.1 Å². The highest BCUT2D eigenvalue weighted by molar-refractivity contribution is 8.09. The van der Waals surface area contributed by atoms with Crippen LogP contribution in [0.25, 0.3) is 0 Å². The number of thioether (sulfide) groups is 2. The van der Waals surface area contributed by atoms with E-state index in [0.29, 0.717) is 11.4 Å². The molecule has 35 heavy (non-hydrogen) atoms. The fourth-order valence-electron chi connectivity index (χ4n) is 6.02. The number of dihydropyridines is 1. The van der Waals surface area contributed by atoms with Crippen molar-refractivity contribution in [3.63, 3.8) is 0 Å². The molecule has 0 aromatic rings. The molecule has 1 saturated carbocycles. The standard InChI is InChI=1S/C25H24F6N2S2/c1-21-15(11-17(34-21)13-3-7-32-8-4-13)19-20(24(28,29)25(30,31)23(19,26)27)16-12-18(35-22(16,21)2)14-5-9-33-10-6-14/h3-4,7,11-12,14,32-33H,5-6,8-10H2,1-2H3. The largest absolute Gasteiger partial charge is 0.387 e. The van der Waals surface area contributed by atoms with Gasteiger partial charge in [0, 0.05) is 22.6 Å². The second-order valence-corrected chi connectivity index (χ2v) is 13.0. The van der Waals surface area contributed by atoms with Crippen molar-refractivity contribution in [2.24, 2.45) is 5.92 Å². The van der Waals surface area contributed by atoms with Crippen molar-refractivity contribution in [1.82, 2.24) is 10.6 Å². The second kappa shape index (κ2) is 7.28. The zero-order chi connectivity index (χ0) is 25.0. The molecule has 6 aliphatic rings. The lowest BCUT2D eigenvalue weighted by molar-refractivity contribution is -0.258. The van der Waals surface area contributed by atoms with Gasteiger partial charge in [-0.1, -0.05) is 6.08 Å². The third-order valence-corrected chi connectivity index (χ3v) is 11.7. The normalized spacial score (nSPS) is 36.9. The fraction of sp³-hybridized carbons (Fsp3) is 0.520. The molecule has 2 aliphatic carbocycles. The van der Waals surface area contributed by atoms with Crippen LogP contribution < -0.4 is 10.6 Å². The molecule has 4 heterocycles. The van der Waals surface area contributed by atoms with E-state index in [1.807, 2.05) is 6.08 Å². The highest BCUT2D eigenvalue weighted by Crippen LogP contribution is 2.74. The Bertz CT molecular complexity index is 1200. The molecule has 2 unspecified atom stereocenters. The summed E-state index contributed by atoms with van der Waals surface area (Å²) in [6.07, 6.45) is 9.92. The van der Waals surface area contributed by atoms with Gasteiger partial charge < -0.3 is 10.6 Å². The van der Waals surface area contributed by atoms with Gasteiger partial charge in [-0.3, -0.25) is 0 Å². The quantitative estimate of drug-likeness (QED) is 0.407. The number of allylic oxidation sites excluding steroid dienone is 7. The van der Waals surface area contributed by atoms with Crippen molar-refractivity contribution in [3.8, 4) is 0 Å². The van der Waals surface area contributed by atoms with E-state index in [1.165, 1.54) is 35.7 Å². The number of fused-ring (bicyclic) bond motifs is 4. The Balaban J connectivity index is 1.61. The summed E-state index contributed by atoms with van der Waals surface area (Å²) >= 11 is 2.70. The molecule has 0 aromatic heterocycles.